The first-order valence-corrected chi connectivity index (χ1v) is 10.6. The molecule has 1 aromatic carbocycles. The van der Waals surface area contributed by atoms with Gasteiger partial charge in [-0.15, -0.1) is 0 Å². The Bertz CT molecular complexity index is 1460. The first-order valence-electron chi connectivity index (χ1n) is 10.2. The maximum atomic E-state index is 13.1. The fourth-order valence-electron chi connectivity index (χ4n) is 3.88. The average molecular weight is 518 g/mol. The monoisotopic (exact) mass is 517 g/mol. The topological polar surface area (TPSA) is 77.3 Å². The number of imidazole rings is 2. The number of rotatable bonds is 5. The number of nitrogens with one attached hydrogen (secondary N) is 1. The first-order chi connectivity index (χ1) is 16.3. The van der Waals surface area contributed by atoms with E-state index in [1.165, 1.54) is 16.2 Å². The number of benzene rings is 1. The normalized spacial score (nSPS) is 12.6. The minimum atomic E-state index is -4.59. The molecule has 4 rings (SSSR count). The molecular weight excluding hydrogens is 500 g/mol. The van der Waals surface area contributed by atoms with Crippen LogP contribution in [-0.2, 0) is 32.7 Å². The molecule has 35 heavy (non-hydrogen) atoms. The third-order valence-corrected chi connectivity index (χ3v) is 5.60. The van der Waals surface area contributed by atoms with Crippen molar-refractivity contribution in [3.05, 3.63) is 58.3 Å². The highest BCUT2D eigenvalue weighted by atomic mass is 35.5. The van der Waals surface area contributed by atoms with E-state index >= 15 is 0 Å². The standard InChI is InChI=1S/C21H18ClF6N7/c1-3-12-6-11(4-5-13(12)16-31-15(9-33(16)2)21(26,27)28)8-34-17-14(7-30-18(22)32-17)35(19(34)29)10-20(23,24)25/h4-7,9,29H,3,8,10H2,1-2H3. The molecule has 0 aliphatic heterocycles. The van der Waals surface area contributed by atoms with E-state index in [0.29, 0.717) is 23.1 Å². The molecular formula is C21H18ClF6N7. The van der Waals surface area contributed by atoms with E-state index in [-0.39, 0.29) is 28.8 Å². The van der Waals surface area contributed by atoms with Crippen LogP contribution >= 0.6 is 11.6 Å². The van der Waals surface area contributed by atoms with Gasteiger partial charge in [0.1, 0.15) is 17.9 Å². The Morgan fingerprint density at radius 3 is 2.37 bits per heavy atom. The number of halogens is 7. The van der Waals surface area contributed by atoms with Gasteiger partial charge in [0, 0.05) is 18.8 Å². The Kier molecular flexibility index (Phi) is 6.16. The van der Waals surface area contributed by atoms with E-state index < -0.39 is 30.2 Å². The molecule has 0 radical (unpaired) electrons. The number of nitrogens with zero attached hydrogens (tertiary/aromatic N) is 6. The van der Waals surface area contributed by atoms with Crippen LogP contribution in [0.4, 0.5) is 26.3 Å². The van der Waals surface area contributed by atoms with Crippen LogP contribution in [0.2, 0.25) is 5.28 Å². The highest BCUT2D eigenvalue weighted by Gasteiger charge is 2.35. The summed E-state index contributed by atoms with van der Waals surface area (Å²) in [6, 6.07) is 4.95. The smallest absolute Gasteiger partial charge is 0.333 e. The van der Waals surface area contributed by atoms with Gasteiger partial charge >= 0.3 is 12.4 Å². The van der Waals surface area contributed by atoms with Crippen LogP contribution in [0.1, 0.15) is 23.7 Å². The summed E-state index contributed by atoms with van der Waals surface area (Å²) in [5, 5.41) is 8.15. The Morgan fingerprint density at radius 2 is 1.77 bits per heavy atom. The molecule has 0 fully saturated rings. The summed E-state index contributed by atoms with van der Waals surface area (Å²) in [6.45, 7) is 0.400. The van der Waals surface area contributed by atoms with Crippen molar-refractivity contribution < 1.29 is 26.3 Å². The number of aromatic nitrogens is 6. The van der Waals surface area contributed by atoms with Crippen molar-refractivity contribution in [1.82, 2.24) is 28.7 Å². The van der Waals surface area contributed by atoms with Crippen molar-refractivity contribution in [3.8, 4) is 11.4 Å². The molecule has 0 saturated heterocycles. The minimum absolute atomic E-state index is 0.00301. The van der Waals surface area contributed by atoms with E-state index in [0.717, 1.165) is 17.0 Å². The molecule has 0 bridgehead atoms. The van der Waals surface area contributed by atoms with Gasteiger partial charge in [-0.05, 0) is 29.1 Å². The molecule has 3 aromatic heterocycles. The molecule has 3 heterocycles. The predicted molar refractivity (Wildman–Crippen MR) is 115 cm³/mol. The maximum Gasteiger partial charge on any atom is 0.434 e. The van der Waals surface area contributed by atoms with Crippen molar-refractivity contribution in [1.29, 1.82) is 5.41 Å². The second-order valence-electron chi connectivity index (χ2n) is 7.86. The van der Waals surface area contributed by atoms with E-state index in [1.807, 2.05) is 6.92 Å². The second-order valence-corrected chi connectivity index (χ2v) is 8.20. The summed E-state index contributed by atoms with van der Waals surface area (Å²) in [7, 11) is 1.46. The summed E-state index contributed by atoms with van der Waals surface area (Å²) >= 11 is 5.86. The lowest BCUT2D eigenvalue weighted by Gasteiger charge is -2.12. The van der Waals surface area contributed by atoms with Crippen molar-refractivity contribution >= 4 is 22.8 Å². The van der Waals surface area contributed by atoms with Gasteiger partial charge in [0.15, 0.2) is 11.3 Å². The third-order valence-electron chi connectivity index (χ3n) is 5.41. The van der Waals surface area contributed by atoms with Crippen LogP contribution < -0.4 is 5.62 Å². The molecule has 0 saturated carbocycles. The largest absolute Gasteiger partial charge is 0.434 e. The quantitative estimate of drug-likeness (QED) is 0.300. The van der Waals surface area contributed by atoms with Crippen LogP contribution in [0, 0.1) is 5.41 Å². The molecule has 0 unspecified atom stereocenters. The number of aryl methyl sites for hydroxylation is 2. The number of fused-ring (bicyclic) bond motifs is 1. The summed E-state index contributed by atoms with van der Waals surface area (Å²) in [6.07, 6.45) is -6.67. The Morgan fingerprint density at radius 1 is 1.06 bits per heavy atom. The zero-order valence-electron chi connectivity index (χ0n) is 18.3. The third kappa shape index (κ3) is 4.90. The van der Waals surface area contributed by atoms with Crippen molar-refractivity contribution in [3.63, 3.8) is 0 Å². The first kappa shape index (κ1) is 24.8. The lowest BCUT2D eigenvalue weighted by molar-refractivity contribution is -0.141. The fourth-order valence-corrected chi connectivity index (χ4v) is 4.00. The van der Waals surface area contributed by atoms with Crippen LogP contribution in [0.15, 0.2) is 30.6 Å². The zero-order chi connectivity index (χ0) is 25.7. The number of hydrogen-bond donors (Lipinski definition) is 1. The molecule has 14 heteroatoms. The molecule has 7 nitrogen and oxygen atoms in total. The SMILES string of the molecule is CCc1cc(Cn2c(=N)n(CC(F)(F)F)c3cnc(Cl)nc32)ccc1-c1nc(C(F)(F)F)cn1C. The van der Waals surface area contributed by atoms with E-state index in [9.17, 15) is 26.3 Å². The summed E-state index contributed by atoms with van der Waals surface area (Å²) in [5.74, 6) is 0.135. The minimum Gasteiger partial charge on any atom is -0.333 e. The lowest BCUT2D eigenvalue weighted by atomic mass is 10.0. The highest BCUT2D eigenvalue weighted by molar-refractivity contribution is 6.28. The van der Waals surface area contributed by atoms with Crippen LogP contribution in [0.25, 0.3) is 22.6 Å². The van der Waals surface area contributed by atoms with Gasteiger partial charge in [-0.3, -0.25) is 14.5 Å². The molecule has 0 spiro atoms. The molecule has 0 amide bonds. The molecule has 0 aliphatic carbocycles. The van der Waals surface area contributed by atoms with E-state index in [1.54, 1.807) is 18.2 Å². The van der Waals surface area contributed by atoms with Crippen LogP contribution in [0.3, 0.4) is 0 Å². The summed E-state index contributed by atoms with van der Waals surface area (Å²) in [5.41, 5.74) is 0.380. The maximum absolute atomic E-state index is 13.1. The van der Waals surface area contributed by atoms with Gasteiger partial charge in [0.2, 0.25) is 10.9 Å². The van der Waals surface area contributed by atoms with Crippen LogP contribution in [-0.4, -0.2) is 34.8 Å². The van der Waals surface area contributed by atoms with Gasteiger partial charge in [-0.25, -0.2) is 9.97 Å². The molecule has 186 valence electrons. The molecule has 1 N–H and O–H groups in total. The highest BCUT2D eigenvalue weighted by Crippen LogP contribution is 2.32. The average Bonchev–Trinajstić information content (AvgIpc) is 3.26. The Balaban J connectivity index is 1.78. The van der Waals surface area contributed by atoms with Gasteiger partial charge in [0.25, 0.3) is 0 Å². The van der Waals surface area contributed by atoms with Gasteiger partial charge in [0.05, 0.1) is 12.7 Å². The van der Waals surface area contributed by atoms with Crippen molar-refractivity contribution in [2.45, 2.75) is 38.8 Å². The van der Waals surface area contributed by atoms with Crippen LogP contribution in [0.5, 0.6) is 0 Å². The summed E-state index contributed by atoms with van der Waals surface area (Å²) < 4.78 is 81.9. The fraction of sp³-hybridized carbons (Fsp3) is 0.333. The lowest BCUT2D eigenvalue weighted by Crippen LogP contribution is -2.30. The van der Waals surface area contributed by atoms with E-state index in [4.69, 9.17) is 17.0 Å². The van der Waals surface area contributed by atoms with Gasteiger partial charge in [-0.1, -0.05) is 25.1 Å². The number of alkyl halides is 6. The van der Waals surface area contributed by atoms with Crippen molar-refractivity contribution in [2.24, 2.45) is 7.05 Å². The van der Waals surface area contributed by atoms with Gasteiger partial charge in [-0.2, -0.15) is 31.3 Å². The molecule has 0 aliphatic rings. The molecule has 0 atom stereocenters. The molecule has 4 aromatic rings. The van der Waals surface area contributed by atoms with Crippen molar-refractivity contribution in [2.75, 3.05) is 0 Å². The van der Waals surface area contributed by atoms with Gasteiger partial charge < -0.3 is 4.57 Å². The Labute approximate surface area is 199 Å². The Hall–Kier alpha value is -3.35. The second kappa shape index (κ2) is 8.70. The zero-order valence-corrected chi connectivity index (χ0v) is 19.1. The summed E-state index contributed by atoms with van der Waals surface area (Å²) in [4.78, 5) is 11.5. The van der Waals surface area contributed by atoms with E-state index in [2.05, 4.69) is 15.0 Å². The predicted octanol–water partition coefficient (Wildman–Crippen LogP) is 4.96. The number of hydrogen-bond acceptors (Lipinski definition) is 4.